The van der Waals surface area contributed by atoms with Gasteiger partial charge in [-0.15, -0.1) is 0 Å². The van der Waals surface area contributed by atoms with E-state index in [4.69, 9.17) is 5.73 Å². The average Bonchev–Trinajstić information content (AvgIpc) is 2.29. The SMILES string of the molecule is NCc1ccc(C2CCCCS2(=O)=O)cc1. The molecule has 0 saturated carbocycles. The fourth-order valence-corrected chi connectivity index (χ4v) is 4.19. The summed E-state index contributed by atoms with van der Waals surface area (Å²) in [6.07, 6.45) is 2.56. The van der Waals surface area contributed by atoms with Gasteiger partial charge < -0.3 is 5.73 Å². The number of hydrogen-bond donors (Lipinski definition) is 1. The third-order valence-electron chi connectivity index (χ3n) is 3.17. The zero-order valence-electron chi connectivity index (χ0n) is 9.22. The van der Waals surface area contributed by atoms with Crippen molar-refractivity contribution in [2.75, 3.05) is 5.75 Å². The molecule has 1 atom stereocenters. The molecule has 3 nitrogen and oxygen atoms in total. The van der Waals surface area contributed by atoms with Crippen molar-refractivity contribution in [2.45, 2.75) is 31.1 Å². The molecular formula is C12H17NO2S. The van der Waals surface area contributed by atoms with Crippen LogP contribution in [-0.2, 0) is 16.4 Å². The molecule has 1 aromatic rings. The minimum absolute atomic E-state index is 0.298. The van der Waals surface area contributed by atoms with Gasteiger partial charge in [-0.1, -0.05) is 30.7 Å². The molecule has 0 radical (unpaired) electrons. The summed E-state index contributed by atoms with van der Waals surface area (Å²) in [6, 6.07) is 7.63. The minimum Gasteiger partial charge on any atom is -0.326 e. The molecule has 0 aromatic heterocycles. The van der Waals surface area contributed by atoms with Crippen LogP contribution in [0.3, 0.4) is 0 Å². The van der Waals surface area contributed by atoms with E-state index in [1.54, 1.807) is 0 Å². The van der Waals surface area contributed by atoms with E-state index >= 15 is 0 Å². The summed E-state index contributed by atoms with van der Waals surface area (Å²) in [5, 5.41) is -0.298. The first-order chi connectivity index (χ1) is 7.63. The summed E-state index contributed by atoms with van der Waals surface area (Å²) in [4.78, 5) is 0. The van der Waals surface area contributed by atoms with Crippen LogP contribution in [0.15, 0.2) is 24.3 Å². The van der Waals surface area contributed by atoms with E-state index in [1.807, 2.05) is 24.3 Å². The number of rotatable bonds is 2. The van der Waals surface area contributed by atoms with Crippen molar-refractivity contribution in [1.29, 1.82) is 0 Å². The largest absolute Gasteiger partial charge is 0.326 e. The highest BCUT2D eigenvalue weighted by atomic mass is 32.2. The van der Waals surface area contributed by atoms with Crippen molar-refractivity contribution >= 4 is 9.84 Å². The Bertz CT molecular complexity index is 450. The zero-order valence-corrected chi connectivity index (χ0v) is 10.0. The number of nitrogens with two attached hydrogens (primary N) is 1. The fraction of sp³-hybridized carbons (Fsp3) is 0.500. The lowest BCUT2D eigenvalue weighted by Gasteiger charge is -2.22. The van der Waals surface area contributed by atoms with Crippen LogP contribution >= 0.6 is 0 Å². The van der Waals surface area contributed by atoms with Gasteiger partial charge in [0.05, 0.1) is 11.0 Å². The van der Waals surface area contributed by atoms with Gasteiger partial charge in [0, 0.05) is 6.54 Å². The van der Waals surface area contributed by atoms with Gasteiger partial charge in [0.15, 0.2) is 9.84 Å². The predicted molar refractivity (Wildman–Crippen MR) is 64.7 cm³/mol. The molecule has 4 heteroatoms. The summed E-state index contributed by atoms with van der Waals surface area (Å²) in [5.74, 6) is 0.330. The maximum atomic E-state index is 11.9. The lowest BCUT2D eigenvalue weighted by molar-refractivity contribution is 0.546. The van der Waals surface area contributed by atoms with Crippen LogP contribution in [0.5, 0.6) is 0 Å². The first-order valence-electron chi connectivity index (χ1n) is 5.64. The van der Waals surface area contributed by atoms with Crippen LogP contribution in [0.25, 0.3) is 0 Å². The molecule has 16 heavy (non-hydrogen) atoms. The molecular weight excluding hydrogens is 222 g/mol. The Labute approximate surface area is 96.6 Å². The molecule has 1 heterocycles. The van der Waals surface area contributed by atoms with E-state index in [0.717, 1.165) is 30.4 Å². The van der Waals surface area contributed by atoms with Crippen molar-refractivity contribution in [1.82, 2.24) is 0 Å². The molecule has 1 unspecified atom stereocenters. The van der Waals surface area contributed by atoms with Crippen molar-refractivity contribution in [3.05, 3.63) is 35.4 Å². The van der Waals surface area contributed by atoms with Gasteiger partial charge in [-0.2, -0.15) is 0 Å². The number of sulfone groups is 1. The monoisotopic (exact) mass is 239 g/mol. The molecule has 1 aliphatic rings. The van der Waals surface area contributed by atoms with E-state index in [0.29, 0.717) is 12.3 Å². The maximum Gasteiger partial charge on any atom is 0.157 e. The fourth-order valence-electron chi connectivity index (χ4n) is 2.20. The first kappa shape index (κ1) is 11.6. The Morgan fingerprint density at radius 2 is 1.88 bits per heavy atom. The van der Waals surface area contributed by atoms with E-state index in [-0.39, 0.29) is 5.25 Å². The van der Waals surface area contributed by atoms with Gasteiger partial charge in [-0.25, -0.2) is 8.42 Å². The summed E-state index contributed by atoms with van der Waals surface area (Å²) >= 11 is 0. The van der Waals surface area contributed by atoms with Crippen LogP contribution < -0.4 is 5.73 Å². The highest BCUT2D eigenvalue weighted by Gasteiger charge is 2.29. The molecule has 1 aliphatic heterocycles. The van der Waals surface area contributed by atoms with Crippen molar-refractivity contribution in [3.63, 3.8) is 0 Å². The van der Waals surface area contributed by atoms with Crippen LogP contribution in [0.2, 0.25) is 0 Å². The van der Waals surface area contributed by atoms with E-state index < -0.39 is 9.84 Å². The summed E-state index contributed by atoms with van der Waals surface area (Å²) in [5.41, 5.74) is 7.47. The quantitative estimate of drug-likeness (QED) is 0.856. The maximum absolute atomic E-state index is 11.9. The Hall–Kier alpha value is -0.870. The van der Waals surface area contributed by atoms with Crippen molar-refractivity contribution in [3.8, 4) is 0 Å². The van der Waals surface area contributed by atoms with Crippen LogP contribution in [-0.4, -0.2) is 14.2 Å². The van der Waals surface area contributed by atoms with Gasteiger partial charge in [-0.05, 0) is 24.0 Å². The van der Waals surface area contributed by atoms with Gasteiger partial charge in [-0.3, -0.25) is 0 Å². The summed E-state index contributed by atoms with van der Waals surface area (Å²) in [7, 11) is -2.93. The van der Waals surface area contributed by atoms with Gasteiger partial charge in [0.2, 0.25) is 0 Å². The van der Waals surface area contributed by atoms with Crippen LogP contribution in [0.4, 0.5) is 0 Å². The Morgan fingerprint density at radius 3 is 2.44 bits per heavy atom. The van der Waals surface area contributed by atoms with E-state index in [2.05, 4.69) is 0 Å². The highest BCUT2D eigenvalue weighted by Crippen LogP contribution is 2.33. The minimum atomic E-state index is -2.93. The molecule has 1 aromatic carbocycles. The second kappa shape index (κ2) is 4.55. The second-order valence-electron chi connectivity index (χ2n) is 4.30. The molecule has 1 fully saturated rings. The summed E-state index contributed by atoms with van der Waals surface area (Å²) in [6.45, 7) is 0.498. The third kappa shape index (κ3) is 2.28. The van der Waals surface area contributed by atoms with Crippen molar-refractivity contribution < 1.29 is 8.42 Å². The second-order valence-corrected chi connectivity index (χ2v) is 6.60. The number of benzene rings is 1. The Kier molecular flexibility index (Phi) is 3.30. The molecule has 0 spiro atoms. The van der Waals surface area contributed by atoms with Crippen molar-refractivity contribution in [2.24, 2.45) is 5.73 Å². The van der Waals surface area contributed by atoms with E-state index in [1.165, 1.54) is 0 Å². The molecule has 0 bridgehead atoms. The molecule has 1 saturated heterocycles. The lowest BCUT2D eigenvalue weighted by Crippen LogP contribution is -2.21. The normalized spacial score (nSPS) is 24.2. The van der Waals surface area contributed by atoms with Crippen LogP contribution in [0.1, 0.15) is 35.6 Å². The Morgan fingerprint density at radius 1 is 1.19 bits per heavy atom. The highest BCUT2D eigenvalue weighted by molar-refractivity contribution is 7.91. The lowest BCUT2D eigenvalue weighted by atomic mass is 10.0. The molecule has 0 aliphatic carbocycles. The average molecular weight is 239 g/mol. The van der Waals surface area contributed by atoms with Gasteiger partial charge in [0.1, 0.15) is 0 Å². The standard InChI is InChI=1S/C12H17NO2S/c13-9-10-4-6-11(7-5-10)12-3-1-2-8-16(12,14)15/h4-7,12H,1-3,8-9,13H2. The topological polar surface area (TPSA) is 60.2 Å². The predicted octanol–water partition coefficient (Wildman–Crippen LogP) is 1.79. The molecule has 0 amide bonds. The molecule has 2 N–H and O–H groups in total. The molecule has 88 valence electrons. The van der Waals surface area contributed by atoms with Crippen LogP contribution in [0, 0.1) is 0 Å². The third-order valence-corrected chi connectivity index (χ3v) is 5.40. The van der Waals surface area contributed by atoms with Gasteiger partial charge >= 0.3 is 0 Å². The summed E-state index contributed by atoms with van der Waals surface area (Å²) < 4.78 is 23.8. The van der Waals surface area contributed by atoms with Gasteiger partial charge in [0.25, 0.3) is 0 Å². The van der Waals surface area contributed by atoms with E-state index in [9.17, 15) is 8.42 Å². The molecule has 2 rings (SSSR count). The first-order valence-corrected chi connectivity index (χ1v) is 7.35. The Balaban J connectivity index is 2.28. The zero-order chi connectivity index (χ0) is 11.6. The number of hydrogen-bond acceptors (Lipinski definition) is 3. The smallest absolute Gasteiger partial charge is 0.157 e.